The fraction of sp³-hybridized carbons (Fsp3) is 0.750. The third-order valence-corrected chi connectivity index (χ3v) is 4.42. The van der Waals surface area contributed by atoms with Gasteiger partial charge < -0.3 is 10.1 Å². The molecule has 1 aromatic heterocycles. The van der Waals surface area contributed by atoms with Crippen molar-refractivity contribution in [2.75, 3.05) is 19.8 Å². The van der Waals surface area contributed by atoms with Crippen molar-refractivity contribution >= 4 is 0 Å². The van der Waals surface area contributed by atoms with Crippen LogP contribution in [-0.2, 0) is 4.74 Å². The molecule has 1 N–H and O–H groups in total. The Morgan fingerprint density at radius 2 is 1.90 bits per heavy atom. The Bertz CT molecular complexity index is 456. The lowest BCUT2D eigenvalue weighted by Gasteiger charge is -2.19. The highest BCUT2D eigenvalue weighted by Gasteiger charge is 2.25. The number of hydrogen-bond acceptors (Lipinski definition) is 4. The smallest absolute Gasteiger partial charge is 0.134 e. The summed E-state index contributed by atoms with van der Waals surface area (Å²) in [7, 11) is 0. The van der Waals surface area contributed by atoms with Crippen LogP contribution in [0, 0.1) is 13.8 Å². The standard InChI is InChI=1S/C16H25N3O/c1-10(8-17-14-4-5-14)15-11(2)18-16(19-12(15)3)13-6-7-20-9-13/h10,13-14,17H,4-9H2,1-3H3. The fourth-order valence-electron chi connectivity index (χ4n) is 3.12. The zero-order valence-electron chi connectivity index (χ0n) is 12.8. The molecule has 4 heteroatoms. The molecule has 0 spiro atoms. The van der Waals surface area contributed by atoms with E-state index >= 15 is 0 Å². The van der Waals surface area contributed by atoms with E-state index in [0.717, 1.165) is 49.4 Å². The first-order valence-corrected chi connectivity index (χ1v) is 7.81. The first-order chi connectivity index (χ1) is 9.65. The molecule has 0 aromatic carbocycles. The maximum absolute atomic E-state index is 5.45. The molecule has 1 saturated carbocycles. The Kier molecular flexibility index (Phi) is 4.03. The van der Waals surface area contributed by atoms with E-state index in [9.17, 15) is 0 Å². The van der Waals surface area contributed by atoms with Crippen LogP contribution in [0.3, 0.4) is 0 Å². The zero-order chi connectivity index (χ0) is 14.1. The summed E-state index contributed by atoms with van der Waals surface area (Å²) in [5.41, 5.74) is 3.61. The van der Waals surface area contributed by atoms with Crippen molar-refractivity contribution in [3.63, 3.8) is 0 Å². The van der Waals surface area contributed by atoms with Gasteiger partial charge in [0.1, 0.15) is 5.82 Å². The van der Waals surface area contributed by atoms with Crippen molar-refractivity contribution in [1.29, 1.82) is 0 Å². The Morgan fingerprint density at radius 3 is 2.45 bits per heavy atom. The van der Waals surface area contributed by atoms with E-state index < -0.39 is 0 Å². The van der Waals surface area contributed by atoms with E-state index in [4.69, 9.17) is 14.7 Å². The summed E-state index contributed by atoms with van der Waals surface area (Å²) in [6, 6.07) is 0.758. The Morgan fingerprint density at radius 1 is 1.20 bits per heavy atom. The monoisotopic (exact) mass is 275 g/mol. The number of aryl methyl sites for hydroxylation is 2. The van der Waals surface area contributed by atoms with Crippen LogP contribution < -0.4 is 5.32 Å². The zero-order valence-corrected chi connectivity index (χ0v) is 12.8. The summed E-state index contributed by atoms with van der Waals surface area (Å²) in [4.78, 5) is 9.52. The molecule has 1 aliphatic heterocycles. The normalized spacial score (nSPS) is 24.1. The van der Waals surface area contributed by atoms with Crippen molar-refractivity contribution in [2.24, 2.45) is 0 Å². The second kappa shape index (κ2) is 5.78. The second-order valence-corrected chi connectivity index (χ2v) is 6.31. The van der Waals surface area contributed by atoms with Gasteiger partial charge in [0, 0.05) is 36.5 Å². The fourth-order valence-corrected chi connectivity index (χ4v) is 3.12. The molecular weight excluding hydrogens is 250 g/mol. The summed E-state index contributed by atoms with van der Waals surface area (Å²) in [5, 5.41) is 3.60. The molecule has 0 bridgehead atoms. The minimum absolute atomic E-state index is 0.390. The van der Waals surface area contributed by atoms with Crippen molar-refractivity contribution in [3.05, 3.63) is 22.8 Å². The van der Waals surface area contributed by atoms with E-state index in [-0.39, 0.29) is 0 Å². The van der Waals surface area contributed by atoms with Gasteiger partial charge in [-0.3, -0.25) is 0 Å². The summed E-state index contributed by atoms with van der Waals surface area (Å²) in [5.74, 6) is 1.84. The molecule has 4 nitrogen and oxygen atoms in total. The molecular formula is C16H25N3O. The molecule has 1 saturated heterocycles. The third kappa shape index (κ3) is 3.01. The van der Waals surface area contributed by atoms with E-state index in [2.05, 4.69) is 26.1 Å². The molecule has 2 fully saturated rings. The highest BCUT2D eigenvalue weighted by atomic mass is 16.5. The van der Waals surface area contributed by atoms with Gasteiger partial charge in [-0.05, 0) is 44.6 Å². The highest BCUT2D eigenvalue weighted by molar-refractivity contribution is 5.29. The van der Waals surface area contributed by atoms with Gasteiger partial charge in [0.2, 0.25) is 0 Å². The topological polar surface area (TPSA) is 47.0 Å². The SMILES string of the molecule is Cc1nc(C2CCOC2)nc(C)c1C(C)CNC1CC1. The van der Waals surface area contributed by atoms with Gasteiger partial charge >= 0.3 is 0 Å². The van der Waals surface area contributed by atoms with Gasteiger partial charge in [0.05, 0.1) is 6.61 Å². The number of rotatable bonds is 5. The molecule has 2 atom stereocenters. The molecule has 0 radical (unpaired) electrons. The lowest BCUT2D eigenvalue weighted by molar-refractivity contribution is 0.193. The van der Waals surface area contributed by atoms with E-state index in [1.54, 1.807) is 0 Å². The van der Waals surface area contributed by atoms with Crippen LogP contribution in [0.15, 0.2) is 0 Å². The van der Waals surface area contributed by atoms with Crippen molar-refractivity contribution in [3.8, 4) is 0 Å². The Hall–Kier alpha value is -1.00. The third-order valence-electron chi connectivity index (χ3n) is 4.42. The highest BCUT2D eigenvalue weighted by Crippen LogP contribution is 2.27. The molecule has 0 amide bonds. The van der Waals surface area contributed by atoms with Crippen LogP contribution in [0.1, 0.15) is 60.8 Å². The minimum atomic E-state index is 0.390. The van der Waals surface area contributed by atoms with Crippen molar-refractivity contribution in [2.45, 2.75) is 57.9 Å². The van der Waals surface area contributed by atoms with Crippen LogP contribution in [0.5, 0.6) is 0 Å². The molecule has 2 unspecified atom stereocenters. The molecule has 110 valence electrons. The largest absolute Gasteiger partial charge is 0.381 e. The maximum Gasteiger partial charge on any atom is 0.134 e. The number of nitrogens with zero attached hydrogens (tertiary/aromatic N) is 2. The quantitative estimate of drug-likeness (QED) is 0.896. The van der Waals surface area contributed by atoms with Crippen LogP contribution in [0.25, 0.3) is 0 Å². The number of aromatic nitrogens is 2. The molecule has 2 aliphatic rings. The first-order valence-electron chi connectivity index (χ1n) is 7.81. The molecule has 3 rings (SSSR count). The van der Waals surface area contributed by atoms with Gasteiger partial charge in [-0.15, -0.1) is 0 Å². The van der Waals surface area contributed by atoms with Crippen molar-refractivity contribution < 1.29 is 4.74 Å². The van der Waals surface area contributed by atoms with Gasteiger partial charge in [-0.2, -0.15) is 0 Å². The summed E-state index contributed by atoms with van der Waals surface area (Å²) < 4.78 is 5.45. The lowest BCUT2D eigenvalue weighted by atomic mass is 9.97. The summed E-state index contributed by atoms with van der Waals surface area (Å²) in [6.07, 6.45) is 3.72. The van der Waals surface area contributed by atoms with E-state index in [1.807, 2.05) is 0 Å². The maximum atomic E-state index is 5.45. The molecule has 20 heavy (non-hydrogen) atoms. The summed E-state index contributed by atoms with van der Waals surface area (Å²) in [6.45, 7) is 9.16. The molecule has 2 heterocycles. The average Bonchev–Trinajstić information content (AvgIpc) is 3.07. The predicted molar refractivity (Wildman–Crippen MR) is 79.1 cm³/mol. The van der Waals surface area contributed by atoms with E-state index in [0.29, 0.717) is 11.8 Å². The number of nitrogens with one attached hydrogen (secondary N) is 1. The Labute approximate surface area is 121 Å². The lowest BCUT2D eigenvalue weighted by Crippen LogP contribution is -2.24. The van der Waals surface area contributed by atoms with Crippen LogP contribution >= 0.6 is 0 Å². The van der Waals surface area contributed by atoms with Crippen molar-refractivity contribution in [1.82, 2.24) is 15.3 Å². The molecule has 1 aliphatic carbocycles. The number of ether oxygens (including phenoxy) is 1. The molecule has 1 aromatic rings. The number of hydrogen-bond donors (Lipinski definition) is 1. The van der Waals surface area contributed by atoms with E-state index in [1.165, 1.54) is 18.4 Å². The average molecular weight is 275 g/mol. The van der Waals surface area contributed by atoms with Crippen LogP contribution in [0.2, 0.25) is 0 Å². The second-order valence-electron chi connectivity index (χ2n) is 6.31. The predicted octanol–water partition coefficient (Wildman–Crippen LogP) is 2.45. The van der Waals surface area contributed by atoms with Gasteiger partial charge in [-0.1, -0.05) is 6.92 Å². The minimum Gasteiger partial charge on any atom is -0.381 e. The first kappa shape index (κ1) is 14.0. The van der Waals surface area contributed by atoms with Crippen LogP contribution in [0.4, 0.5) is 0 Å². The van der Waals surface area contributed by atoms with Gasteiger partial charge in [-0.25, -0.2) is 9.97 Å². The Balaban J connectivity index is 1.76. The summed E-state index contributed by atoms with van der Waals surface area (Å²) >= 11 is 0. The van der Waals surface area contributed by atoms with Gasteiger partial charge in [0.15, 0.2) is 0 Å². The van der Waals surface area contributed by atoms with Crippen LogP contribution in [-0.4, -0.2) is 35.8 Å². The van der Waals surface area contributed by atoms with Gasteiger partial charge in [0.25, 0.3) is 0 Å².